The van der Waals surface area contributed by atoms with Crippen LogP contribution in [0.25, 0.3) is 0 Å². The standard InChI is InChI=1S/C17H16FN5O3S/c1-10-16(23(25)26)11(2)22(21-10)9-15(24)20-17-19-8-14(27-17)7-12-3-5-13(18)6-4-12/h3-6,8H,7,9H2,1-2H3,(H,19,20,24). The van der Waals surface area contributed by atoms with E-state index in [1.807, 2.05) is 0 Å². The van der Waals surface area contributed by atoms with Gasteiger partial charge in [-0.1, -0.05) is 12.1 Å². The molecule has 2 heterocycles. The molecule has 0 fully saturated rings. The largest absolute Gasteiger partial charge is 0.312 e. The fourth-order valence-electron chi connectivity index (χ4n) is 2.65. The van der Waals surface area contributed by atoms with Gasteiger partial charge in [0, 0.05) is 17.5 Å². The van der Waals surface area contributed by atoms with Crippen LogP contribution in [0.5, 0.6) is 0 Å². The number of halogens is 1. The molecule has 3 rings (SSSR count). The lowest BCUT2D eigenvalue weighted by Crippen LogP contribution is -2.20. The molecule has 0 saturated carbocycles. The minimum absolute atomic E-state index is 0.0846. The van der Waals surface area contributed by atoms with E-state index in [1.165, 1.54) is 35.1 Å². The summed E-state index contributed by atoms with van der Waals surface area (Å²) < 4.78 is 14.3. The van der Waals surface area contributed by atoms with Gasteiger partial charge in [-0.3, -0.25) is 19.6 Å². The number of rotatable bonds is 6. The number of anilines is 1. The molecule has 0 aliphatic carbocycles. The molecule has 0 radical (unpaired) electrons. The third-order valence-corrected chi connectivity index (χ3v) is 4.82. The van der Waals surface area contributed by atoms with Gasteiger partial charge in [0.15, 0.2) is 5.13 Å². The maximum atomic E-state index is 12.9. The van der Waals surface area contributed by atoms with E-state index in [-0.39, 0.29) is 29.7 Å². The number of nitrogens with one attached hydrogen (secondary N) is 1. The Balaban J connectivity index is 1.63. The van der Waals surface area contributed by atoms with Crippen molar-refractivity contribution >= 4 is 28.1 Å². The number of amides is 1. The highest BCUT2D eigenvalue weighted by atomic mass is 32.1. The van der Waals surface area contributed by atoms with Crippen molar-refractivity contribution in [1.82, 2.24) is 14.8 Å². The molecule has 2 aromatic heterocycles. The zero-order valence-electron chi connectivity index (χ0n) is 14.6. The maximum absolute atomic E-state index is 12.9. The van der Waals surface area contributed by atoms with Crippen LogP contribution in [-0.2, 0) is 17.8 Å². The number of hydrogen-bond acceptors (Lipinski definition) is 6. The number of nitro groups is 1. The molecule has 8 nitrogen and oxygen atoms in total. The van der Waals surface area contributed by atoms with Crippen molar-refractivity contribution in [2.45, 2.75) is 26.8 Å². The van der Waals surface area contributed by atoms with Gasteiger partial charge in [-0.2, -0.15) is 5.10 Å². The SMILES string of the molecule is Cc1nn(CC(=O)Nc2ncc(Cc3ccc(F)cc3)s2)c(C)c1[N+](=O)[O-]. The molecule has 0 unspecified atom stereocenters. The van der Waals surface area contributed by atoms with E-state index < -0.39 is 4.92 Å². The first-order valence-corrected chi connectivity index (χ1v) is 8.82. The third kappa shape index (κ3) is 4.34. The van der Waals surface area contributed by atoms with E-state index in [1.54, 1.807) is 25.3 Å². The van der Waals surface area contributed by atoms with E-state index in [0.29, 0.717) is 17.2 Å². The molecule has 1 N–H and O–H groups in total. The van der Waals surface area contributed by atoms with Gasteiger partial charge in [0.25, 0.3) is 0 Å². The van der Waals surface area contributed by atoms with Crippen molar-refractivity contribution in [3.05, 3.63) is 68.2 Å². The highest BCUT2D eigenvalue weighted by Gasteiger charge is 2.22. The van der Waals surface area contributed by atoms with Gasteiger partial charge in [0.1, 0.15) is 23.7 Å². The minimum Gasteiger partial charge on any atom is -0.300 e. The minimum atomic E-state index is -0.505. The highest BCUT2D eigenvalue weighted by Crippen LogP contribution is 2.23. The molecule has 0 aliphatic rings. The number of nitrogens with zero attached hydrogens (tertiary/aromatic N) is 4. The Morgan fingerprint density at radius 1 is 1.33 bits per heavy atom. The van der Waals surface area contributed by atoms with E-state index >= 15 is 0 Å². The summed E-state index contributed by atoms with van der Waals surface area (Å²) in [6, 6.07) is 6.19. The van der Waals surface area contributed by atoms with Gasteiger partial charge in [-0.15, -0.1) is 11.3 Å². The van der Waals surface area contributed by atoms with Crippen LogP contribution in [-0.4, -0.2) is 25.6 Å². The molecule has 1 aromatic carbocycles. The van der Waals surface area contributed by atoms with Crippen LogP contribution in [0.1, 0.15) is 21.8 Å². The Morgan fingerprint density at radius 2 is 2.04 bits per heavy atom. The normalized spacial score (nSPS) is 10.8. The van der Waals surface area contributed by atoms with Crippen LogP contribution in [0.15, 0.2) is 30.5 Å². The zero-order valence-corrected chi connectivity index (χ0v) is 15.4. The van der Waals surface area contributed by atoms with Crippen molar-refractivity contribution in [2.75, 3.05) is 5.32 Å². The molecular formula is C17H16FN5O3S. The predicted molar refractivity (Wildman–Crippen MR) is 98.3 cm³/mol. The maximum Gasteiger partial charge on any atom is 0.312 e. The highest BCUT2D eigenvalue weighted by molar-refractivity contribution is 7.15. The van der Waals surface area contributed by atoms with Crippen LogP contribution in [0, 0.1) is 29.8 Å². The first-order valence-electron chi connectivity index (χ1n) is 8.01. The molecule has 140 valence electrons. The summed E-state index contributed by atoms with van der Waals surface area (Å²) in [7, 11) is 0. The quantitative estimate of drug-likeness (QED) is 0.515. The average Bonchev–Trinajstić information content (AvgIpc) is 3.13. The molecule has 27 heavy (non-hydrogen) atoms. The monoisotopic (exact) mass is 389 g/mol. The predicted octanol–water partition coefficient (Wildman–Crippen LogP) is 3.23. The number of carbonyl (C=O) groups is 1. The molecule has 0 spiro atoms. The fourth-order valence-corrected chi connectivity index (χ4v) is 3.51. The Morgan fingerprint density at radius 3 is 2.67 bits per heavy atom. The van der Waals surface area contributed by atoms with E-state index in [4.69, 9.17) is 0 Å². The van der Waals surface area contributed by atoms with Crippen LogP contribution in [0.3, 0.4) is 0 Å². The lowest BCUT2D eigenvalue weighted by Gasteiger charge is -2.03. The smallest absolute Gasteiger partial charge is 0.300 e. The molecule has 1 amide bonds. The van der Waals surface area contributed by atoms with Gasteiger partial charge in [0.2, 0.25) is 5.91 Å². The summed E-state index contributed by atoms with van der Waals surface area (Å²) in [6.07, 6.45) is 2.23. The molecule has 10 heteroatoms. The Kier molecular flexibility index (Phi) is 5.26. The van der Waals surface area contributed by atoms with Crippen LogP contribution in [0.4, 0.5) is 15.2 Å². The van der Waals surface area contributed by atoms with Gasteiger partial charge in [-0.05, 0) is 31.5 Å². The fraction of sp³-hybridized carbons (Fsp3) is 0.235. The van der Waals surface area contributed by atoms with Gasteiger partial charge >= 0.3 is 5.69 Å². The van der Waals surface area contributed by atoms with Crippen molar-refractivity contribution < 1.29 is 14.1 Å². The Bertz CT molecular complexity index is 997. The van der Waals surface area contributed by atoms with Crippen LogP contribution < -0.4 is 5.32 Å². The number of benzene rings is 1. The second-order valence-electron chi connectivity index (χ2n) is 5.92. The first kappa shape index (κ1) is 18.6. The summed E-state index contributed by atoms with van der Waals surface area (Å²) in [5.74, 6) is -0.668. The summed E-state index contributed by atoms with van der Waals surface area (Å²) in [5, 5.41) is 18.2. The van der Waals surface area contributed by atoms with Crippen LogP contribution in [0.2, 0.25) is 0 Å². The second-order valence-corrected chi connectivity index (χ2v) is 7.03. The lowest BCUT2D eigenvalue weighted by atomic mass is 10.1. The number of carbonyl (C=O) groups excluding carboxylic acids is 1. The van der Waals surface area contributed by atoms with Gasteiger partial charge in [-0.25, -0.2) is 9.37 Å². The topological polar surface area (TPSA) is 103 Å². The molecule has 0 aliphatic heterocycles. The summed E-state index contributed by atoms with van der Waals surface area (Å²) in [6.45, 7) is 2.94. The van der Waals surface area contributed by atoms with Crippen molar-refractivity contribution in [1.29, 1.82) is 0 Å². The van der Waals surface area contributed by atoms with E-state index in [2.05, 4.69) is 15.4 Å². The molecule has 0 saturated heterocycles. The van der Waals surface area contributed by atoms with Crippen molar-refractivity contribution in [3.8, 4) is 0 Å². The van der Waals surface area contributed by atoms with Crippen LogP contribution >= 0.6 is 11.3 Å². The second kappa shape index (κ2) is 7.62. The van der Waals surface area contributed by atoms with Gasteiger partial charge < -0.3 is 5.32 Å². The third-order valence-electron chi connectivity index (χ3n) is 3.91. The molecule has 0 bridgehead atoms. The molecule has 3 aromatic rings. The summed E-state index contributed by atoms with van der Waals surface area (Å²) in [4.78, 5) is 27.8. The molecule has 0 atom stereocenters. The zero-order chi connectivity index (χ0) is 19.6. The van der Waals surface area contributed by atoms with E-state index in [0.717, 1.165) is 10.4 Å². The van der Waals surface area contributed by atoms with Crippen molar-refractivity contribution in [2.24, 2.45) is 0 Å². The number of hydrogen-bond donors (Lipinski definition) is 1. The average molecular weight is 389 g/mol. The number of aryl methyl sites for hydroxylation is 1. The lowest BCUT2D eigenvalue weighted by molar-refractivity contribution is -0.386. The Labute approximate surface area is 157 Å². The van der Waals surface area contributed by atoms with Gasteiger partial charge in [0.05, 0.1) is 4.92 Å². The number of thiazole rings is 1. The summed E-state index contributed by atoms with van der Waals surface area (Å²) >= 11 is 1.31. The number of aromatic nitrogens is 3. The molecular weight excluding hydrogens is 373 g/mol. The summed E-state index contributed by atoms with van der Waals surface area (Å²) in [5.41, 5.74) is 1.44. The van der Waals surface area contributed by atoms with E-state index in [9.17, 15) is 19.3 Å². The first-order chi connectivity index (χ1) is 12.8. The van der Waals surface area contributed by atoms with Crippen molar-refractivity contribution in [3.63, 3.8) is 0 Å². The Hall–Kier alpha value is -3.14.